The SMILES string of the molecule is COc1ccc(S(=O)(=O)Nc2ccccc2OC)cc1NC(=O)[C@H](C)Oc1ccccc1. The van der Waals surface area contributed by atoms with Crippen LogP contribution in [0, 0.1) is 0 Å². The summed E-state index contributed by atoms with van der Waals surface area (Å²) in [5.74, 6) is 0.769. The molecule has 0 aromatic heterocycles. The van der Waals surface area contributed by atoms with Gasteiger partial charge >= 0.3 is 0 Å². The maximum atomic E-state index is 12.9. The Balaban J connectivity index is 1.82. The zero-order valence-corrected chi connectivity index (χ0v) is 18.7. The number of hydrogen-bond donors (Lipinski definition) is 2. The lowest BCUT2D eigenvalue weighted by atomic mass is 10.2. The third-order valence-electron chi connectivity index (χ3n) is 4.52. The van der Waals surface area contributed by atoms with Gasteiger partial charge in [0, 0.05) is 0 Å². The molecule has 168 valence electrons. The summed E-state index contributed by atoms with van der Waals surface area (Å²) in [6.07, 6.45) is -0.825. The Morgan fingerprint density at radius 3 is 2.16 bits per heavy atom. The van der Waals surface area contributed by atoms with Crippen molar-refractivity contribution in [3.8, 4) is 17.2 Å². The lowest BCUT2D eigenvalue weighted by Gasteiger charge is -2.17. The minimum atomic E-state index is -3.97. The molecule has 0 radical (unpaired) electrons. The lowest BCUT2D eigenvalue weighted by molar-refractivity contribution is -0.122. The molecule has 0 saturated carbocycles. The van der Waals surface area contributed by atoms with Gasteiger partial charge in [0.2, 0.25) is 0 Å². The minimum Gasteiger partial charge on any atom is -0.495 e. The first-order valence-corrected chi connectivity index (χ1v) is 11.2. The molecule has 1 amide bonds. The molecule has 0 saturated heterocycles. The Labute approximate surface area is 187 Å². The van der Waals surface area contributed by atoms with Gasteiger partial charge < -0.3 is 19.5 Å². The number of benzene rings is 3. The normalized spacial score (nSPS) is 11.8. The lowest BCUT2D eigenvalue weighted by Crippen LogP contribution is -2.30. The average molecular weight is 457 g/mol. The maximum absolute atomic E-state index is 12.9. The molecule has 0 aliphatic heterocycles. The van der Waals surface area contributed by atoms with Crippen LogP contribution in [0.4, 0.5) is 11.4 Å². The number of carbonyl (C=O) groups excluding carboxylic acids is 1. The largest absolute Gasteiger partial charge is 0.495 e. The Morgan fingerprint density at radius 2 is 1.47 bits per heavy atom. The fourth-order valence-corrected chi connectivity index (χ4v) is 3.97. The van der Waals surface area contributed by atoms with Crippen molar-refractivity contribution in [1.29, 1.82) is 0 Å². The molecule has 0 unspecified atom stereocenters. The van der Waals surface area contributed by atoms with E-state index in [9.17, 15) is 13.2 Å². The molecule has 0 fully saturated rings. The number of ether oxygens (including phenoxy) is 3. The highest BCUT2D eigenvalue weighted by molar-refractivity contribution is 7.92. The van der Waals surface area contributed by atoms with Crippen molar-refractivity contribution in [1.82, 2.24) is 0 Å². The van der Waals surface area contributed by atoms with Crippen LogP contribution in [0.25, 0.3) is 0 Å². The van der Waals surface area contributed by atoms with Crippen LogP contribution in [-0.2, 0) is 14.8 Å². The first-order chi connectivity index (χ1) is 15.3. The van der Waals surface area contributed by atoms with Gasteiger partial charge in [0.1, 0.15) is 17.2 Å². The van der Waals surface area contributed by atoms with Crippen LogP contribution in [0.5, 0.6) is 17.2 Å². The summed E-state index contributed by atoms with van der Waals surface area (Å²) >= 11 is 0. The average Bonchev–Trinajstić information content (AvgIpc) is 2.79. The maximum Gasteiger partial charge on any atom is 0.265 e. The molecule has 32 heavy (non-hydrogen) atoms. The molecule has 3 aromatic rings. The predicted molar refractivity (Wildman–Crippen MR) is 122 cm³/mol. The van der Waals surface area contributed by atoms with E-state index in [2.05, 4.69) is 10.0 Å². The van der Waals surface area contributed by atoms with Gasteiger partial charge in [-0.05, 0) is 49.4 Å². The number of para-hydroxylation sites is 3. The van der Waals surface area contributed by atoms with Crippen molar-refractivity contribution in [2.75, 3.05) is 24.3 Å². The molecule has 1 atom stereocenters. The second-order valence-corrected chi connectivity index (χ2v) is 8.41. The van der Waals surface area contributed by atoms with Gasteiger partial charge in [0.15, 0.2) is 6.10 Å². The highest BCUT2D eigenvalue weighted by Gasteiger charge is 2.21. The van der Waals surface area contributed by atoms with Gasteiger partial charge in [-0.25, -0.2) is 8.42 Å². The van der Waals surface area contributed by atoms with E-state index in [0.29, 0.717) is 22.9 Å². The number of carbonyl (C=O) groups is 1. The molecule has 2 N–H and O–H groups in total. The summed E-state index contributed by atoms with van der Waals surface area (Å²) in [7, 11) is -1.09. The van der Waals surface area contributed by atoms with Gasteiger partial charge in [-0.15, -0.1) is 0 Å². The Kier molecular flexibility index (Phi) is 7.21. The number of methoxy groups -OCH3 is 2. The highest BCUT2D eigenvalue weighted by atomic mass is 32.2. The van der Waals surface area contributed by atoms with Crippen LogP contribution in [0.3, 0.4) is 0 Å². The van der Waals surface area contributed by atoms with E-state index in [4.69, 9.17) is 14.2 Å². The number of nitrogens with one attached hydrogen (secondary N) is 2. The van der Waals surface area contributed by atoms with Crippen molar-refractivity contribution >= 4 is 27.3 Å². The quantitative estimate of drug-likeness (QED) is 0.506. The van der Waals surface area contributed by atoms with Crippen LogP contribution in [0.2, 0.25) is 0 Å². The molecule has 8 nitrogen and oxygen atoms in total. The number of hydrogen-bond acceptors (Lipinski definition) is 6. The van der Waals surface area contributed by atoms with Gasteiger partial charge in [-0.1, -0.05) is 30.3 Å². The summed E-state index contributed by atoms with van der Waals surface area (Å²) in [5, 5.41) is 2.67. The summed E-state index contributed by atoms with van der Waals surface area (Å²) in [5.41, 5.74) is 0.491. The fourth-order valence-electron chi connectivity index (χ4n) is 2.88. The number of sulfonamides is 1. The van der Waals surface area contributed by atoms with Gasteiger partial charge in [-0.2, -0.15) is 0 Å². The van der Waals surface area contributed by atoms with Gasteiger partial charge in [0.05, 0.1) is 30.5 Å². The molecular weight excluding hydrogens is 432 g/mol. The van der Waals surface area contributed by atoms with Gasteiger partial charge in [-0.3, -0.25) is 9.52 Å². The molecule has 0 bridgehead atoms. The standard InChI is InChI=1S/C23H24N2O6S/c1-16(31-17-9-5-4-6-10-17)23(26)24-20-15-18(13-14-22(20)30-3)32(27,28)25-19-11-7-8-12-21(19)29-2/h4-16,25H,1-3H3,(H,24,26)/t16-/m0/s1. The summed E-state index contributed by atoms with van der Waals surface area (Å²) in [6, 6.07) is 19.7. The summed E-state index contributed by atoms with van der Waals surface area (Å²) in [6.45, 7) is 1.60. The number of amides is 1. The number of rotatable bonds is 9. The second-order valence-electron chi connectivity index (χ2n) is 6.73. The Bertz CT molecular complexity index is 1180. The van der Waals surface area contributed by atoms with E-state index < -0.39 is 22.0 Å². The van der Waals surface area contributed by atoms with Crippen molar-refractivity contribution in [2.24, 2.45) is 0 Å². The van der Waals surface area contributed by atoms with Crippen LogP contribution in [0.15, 0.2) is 77.7 Å². The van der Waals surface area contributed by atoms with E-state index in [-0.39, 0.29) is 10.6 Å². The molecule has 9 heteroatoms. The predicted octanol–water partition coefficient (Wildman–Crippen LogP) is 3.91. The van der Waals surface area contributed by atoms with E-state index in [0.717, 1.165) is 0 Å². The molecule has 3 aromatic carbocycles. The van der Waals surface area contributed by atoms with Crippen molar-refractivity contribution < 1.29 is 27.4 Å². The number of anilines is 2. The Hall–Kier alpha value is -3.72. The minimum absolute atomic E-state index is 0.0591. The van der Waals surface area contributed by atoms with Gasteiger partial charge in [0.25, 0.3) is 15.9 Å². The van der Waals surface area contributed by atoms with E-state index in [1.54, 1.807) is 55.5 Å². The van der Waals surface area contributed by atoms with Crippen molar-refractivity contribution in [3.05, 3.63) is 72.8 Å². The summed E-state index contributed by atoms with van der Waals surface area (Å²) < 4.78 is 44.5. The molecule has 0 heterocycles. The Morgan fingerprint density at radius 1 is 0.844 bits per heavy atom. The third-order valence-corrected chi connectivity index (χ3v) is 5.88. The summed E-state index contributed by atoms with van der Waals surface area (Å²) in [4.78, 5) is 12.6. The smallest absolute Gasteiger partial charge is 0.265 e. The molecule has 0 spiro atoms. The zero-order chi connectivity index (χ0) is 23.1. The first-order valence-electron chi connectivity index (χ1n) is 9.70. The second kappa shape index (κ2) is 10.1. The third kappa shape index (κ3) is 5.50. The molecule has 3 rings (SSSR count). The van der Waals surface area contributed by atoms with Crippen LogP contribution < -0.4 is 24.2 Å². The van der Waals surface area contributed by atoms with E-state index >= 15 is 0 Å². The monoisotopic (exact) mass is 456 g/mol. The molecule has 0 aliphatic rings. The molecular formula is C23H24N2O6S. The fraction of sp³-hybridized carbons (Fsp3) is 0.174. The molecule has 0 aliphatic carbocycles. The van der Waals surface area contributed by atoms with E-state index in [1.807, 2.05) is 6.07 Å². The van der Waals surface area contributed by atoms with Crippen molar-refractivity contribution in [3.63, 3.8) is 0 Å². The van der Waals surface area contributed by atoms with Crippen LogP contribution >= 0.6 is 0 Å². The van der Waals surface area contributed by atoms with Crippen LogP contribution in [0.1, 0.15) is 6.92 Å². The topological polar surface area (TPSA) is 103 Å². The van der Waals surface area contributed by atoms with Crippen LogP contribution in [-0.4, -0.2) is 34.6 Å². The highest BCUT2D eigenvalue weighted by Crippen LogP contribution is 2.31. The first kappa shape index (κ1) is 23.0. The van der Waals surface area contributed by atoms with E-state index in [1.165, 1.54) is 32.4 Å². The van der Waals surface area contributed by atoms with Crippen molar-refractivity contribution in [2.45, 2.75) is 17.9 Å². The zero-order valence-electron chi connectivity index (χ0n) is 17.9.